The zero-order valence-electron chi connectivity index (χ0n) is 9.83. The molecular formula is C14H10N4. The molecule has 0 aliphatic carbocycles. The lowest BCUT2D eigenvalue weighted by molar-refractivity contribution is 1.16. The van der Waals surface area contributed by atoms with E-state index in [0.717, 1.165) is 11.4 Å². The van der Waals surface area contributed by atoms with E-state index in [4.69, 9.17) is 10.5 Å². The summed E-state index contributed by atoms with van der Waals surface area (Å²) in [6.07, 6.45) is 1.62. The van der Waals surface area contributed by atoms with Crippen molar-refractivity contribution in [3.05, 3.63) is 53.9 Å². The minimum absolute atomic E-state index is 0.376. The second kappa shape index (κ2) is 4.99. The standard InChI is InChI=1S/C14H10N4/c1-18(13-7-6-12(9-16)17-10-13)14-5-3-2-4-11(14)8-15/h2-7,10H,1H3. The van der Waals surface area contributed by atoms with Gasteiger partial charge >= 0.3 is 0 Å². The van der Waals surface area contributed by atoms with Gasteiger partial charge in [0, 0.05) is 7.05 Å². The molecule has 0 aliphatic rings. The third-order valence-corrected chi connectivity index (χ3v) is 2.64. The molecule has 2 aromatic rings. The number of benzene rings is 1. The Bertz CT molecular complexity index is 632. The van der Waals surface area contributed by atoms with Gasteiger partial charge in [-0.25, -0.2) is 4.98 Å². The summed E-state index contributed by atoms with van der Waals surface area (Å²) in [5.41, 5.74) is 2.62. The molecule has 1 aromatic heterocycles. The van der Waals surface area contributed by atoms with Crippen molar-refractivity contribution in [2.24, 2.45) is 0 Å². The first-order chi connectivity index (χ1) is 8.76. The molecule has 0 spiro atoms. The second-order valence-electron chi connectivity index (χ2n) is 3.70. The van der Waals surface area contributed by atoms with Crippen LogP contribution in [0, 0.1) is 22.7 Å². The molecule has 0 atom stereocenters. The third kappa shape index (κ3) is 2.14. The summed E-state index contributed by atoms with van der Waals surface area (Å²) in [7, 11) is 1.86. The highest BCUT2D eigenvalue weighted by atomic mass is 15.1. The van der Waals surface area contributed by atoms with Crippen molar-refractivity contribution in [3.8, 4) is 12.1 Å². The van der Waals surface area contributed by atoms with Gasteiger partial charge < -0.3 is 4.90 Å². The fourth-order valence-corrected chi connectivity index (χ4v) is 1.65. The molecule has 1 aromatic carbocycles. The summed E-state index contributed by atoms with van der Waals surface area (Å²) in [5, 5.41) is 17.8. The van der Waals surface area contributed by atoms with Gasteiger partial charge in [0.15, 0.2) is 0 Å². The number of hydrogen-bond donors (Lipinski definition) is 0. The summed E-state index contributed by atoms with van der Waals surface area (Å²) in [6.45, 7) is 0. The largest absolute Gasteiger partial charge is 0.342 e. The van der Waals surface area contributed by atoms with E-state index in [2.05, 4.69) is 11.1 Å². The van der Waals surface area contributed by atoms with Crippen molar-refractivity contribution in [3.63, 3.8) is 0 Å². The van der Waals surface area contributed by atoms with Gasteiger partial charge in [0.05, 0.1) is 23.1 Å². The van der Waals surface area contributed by atoms with Crippen LogP contribution in [0.3, 0.4) is 0 Å². The molecule has 0 fully saturated rings. The lowest BCUT2D eigenvalue weighted by Gasteiger charge is -2.20. The van der Waals surface area contributed by atoms with Crippen LogP contribution in [-0.4, -0.2) is 12.0 Å². The Labute approximate surface area is 105 Å². The summed E-state index contributed by atoms with van der Waals surface area (Å²) in [6, 6.07) is 14.9. The van der Waals surface area contributed by atoms with Crippen LogP contribution < -0.4 is 4.90 Å². The van der Waals surface area contributed by atoms with Crippen molar-refractivity contribution < 1.29 is 0 Å². The van der Waals surface area contributed by atoms with Crippen LogP contribution in [0.15, 0.2) is 42.6 Å². The van der Waals surface area contributed by atoms with E-state index in [-0.39, 0.29) is 0 Å². The topological polar surface area (TPSA) is 63.7 Å². The summed E-state index contributed by atoms with van der Waals surface area (Å²) < 4.78 is 0. The highest BCUT2D eigenvalue weighted by molar-refractivity contribution is 5.68. The number of nitrogens with zero attached hydrogens (tertiary/aromatic N) is 4. The van der Waals surface area contributed by atoms with E-state index in [0.29, 0.717) is 11.3 Å². The average molecular weight is 234 g/mol. The van der Waals surface area contributed by atoms with Crippen LogP contribution in [0.25, 0.3) is 0 Å². The molecule has 0 aliphatic heterocycles. The molecule has 86 valence electrons. The Morgan fingerprint density at radius 3 is 2.44 bits per heavy atom. The van der Waals surface area contributed by atoms with Gasteiger partial charge in [0.25, 0.3) is 0 Å². The van der Waals surface area contributed by atoms with E-state index < -0.39 is 0 Å². The van der Waals surface area contributed by atoms with Crippen molar-refractivity contribution in [2.75, 3.05) is 11.9 Å². The lowest BCUT2D eigenvalue weighted by atomic mass is 10.1. The molecule has 18 heavy (non-hydrogen) atoms. The van der Waals surface area contributed by atoms with Crippen LogP contribution in [0.1, 0.15) is 11.3 Å². The van der Waals surface area contributed by atoms with Gasteiger partial charge in [-0.15, -0.1) is 0 Å². The summed E-state index contributed by atoms with van der Waals surface area (Å²) in [4.78, 5) is 5.88. The normalized spacial score (nSPS) is 9.28. The van der Waals surface area contributed by atoms with Crippen molar-refractivity contribution >= 4 is 11.4 Å². The molecule has 0 radical (unpaired) electrons. The van der Waals surface area contributed by atoms with E-state index in [1.54, 1.807) is 24.4 Å². The Morgan fingerprint density at radius 2 is 1.83 bits per heavy atom. The molecule has 0 N–H and O–H groups in total. The van der Waals surface area contributed by atoms with Crippen molar-refractivity contribution in [1.82, 2.24) is 4.98 Å². The molecule has 0 saturated heterocycles. The molecular weight excluding hydrogens is 224 g/mol. The third-order valence-electron chi connectivity index (χ3n) is 2.64. The Hall–Kier alpha value is -2.85. The Morgan fingerprint density at radius 1 is 1.06 bits per heavy atom. The van der Waals surface area contributed by atoms with Gasteiger partial charge in [-0.2, -0.15) is 10.5 Å². The van der Waals surface area contributed by atoms with Gasteiger partial charge in [-0.05, 0) is 24.3 Å². The molecule has 2 rings (SSSR count). The Kier molecular flexibility index (Phi) is 3.22. The van der Waals surface area contributed by atoms with Crippen molar-refractivity contribution in [2.45, 2.75) is 0 Å². The Balaban J connectivity index is 2.39. The number of rotatable bonds is 2. The molecule has 0 amide bonds. The highest BCUT2D eigenvalue weighted by Crippen LogP contribution is 2.25. The molecule has 1 heterocycles. The molecule has 0 bridgehead atoms. The van der Waals surface area contributed by atoms with Crippen LogP contribution in [0.2, 0.25) is 0 Å². The van der Waals surface area contributed by atoms with Crippen LogP contribution in [-0.2, 0) is 0 Å². The van der Waals surface area contributed by atoms with Gasteiger partial charge in [-0.1, -0.05) is 12.1 Å². The zero-order valence-corrected chi connectivity index (χ0v) is 9.83. The van der Waals surface area contributed by atoms with Gasteiger partial charge in [0.1, 0.15) is 17.8 Å². The number of para-hydroxylation sites is 1. The first kappa shape index (κ1) is 11.6. The zero-order chi connectivity index (χ0) is 13.0. The van der Waals surface area contributed by atoms with E-state index in [9.17, 15) is 0 Å². The van der Waals surface area contributed by atoms with Crippen LogP contribution in [0.5, 0.6) is 0 Å². The number of nitriles is 2. The molecule has 4 nitrogen and oxygen atoms in total. The first-order valence-electron chi connectivity index (χ1n) is 5.35. The smallest absolute Gasteiger partial charge is 0.140 e. The monoisotopic (exact) mass is 234 g/mol. The number of hydrogen-bond acceptors (Lipinski definition) is 4. The second-order valence-corrected chi connectivity index (χ2v) is 3.70. The van der Waals surface area contributed by atoms with Crippen LogP contribution in [0.4, 0.5) is 11.4 Å². The van der Waals surface area contributed by atoms with E-state index >= 15 is 0 Å². The minimum Gasteiger partial charge on any atom is -0.342 e. The van der Waals surface area contributed by atoms with E-state index in [1.165, 1.54) is 0 Å². The van der Waals surface area contributed by atoms with Gasteiger partial charge in [-0.3, -0.25) is 0 Å². The first-order valence-corrected chi connectivity index (χ1v) is 5.35. The predicted octanol–water partition coefficient (Wildman–Crippen LogP) is 2.59. The number of pyridine rings is 1. The maximum Gasteiger partial charge on any atom is 0.140 e. The summed E-state index contributed by atoms with van der Waals surface area (Å²) >= 11 is 0. The maximum atomic E-state index is 9.06. The van der Waals surface area contributed by atoms with Crippen LogP contribution >= 0.6 is 0 Å². The number of anilines is 2. The quantitative estimate of drug-likeness (QED) is 0.801. The molecule has 4 heteroatoms. The average Bonchev–Trinajstić information content (AvgIpc) is 2.46. The molecule has 0 unspecified atom stereocenters. The van der Waals surface area contributed by atoms with Crippen molar-refractivity contribution in [1.29, 1.82) is 10.5 Å². The lowest BCUT2D eigenvalue weighted by Crippen LogP contribution is -2.11. The number of aromatic nitrogens is 1. The predicted molar refractivity (Wildman–Crippen MR) is 68.2 cm³/mol. The fraction of sp³-hybridized carbons (Fsp3) is 0.0714. The van der Waals surface area contributed by atoms with Gasteiger partial charge in [0.2, 0.25) is 0 Å². The van der Waals surface area contributed by atoms with E-state index in [1.807, 2.05) is 36.2 Å². The maximum absolute atomic E-state index is 9.06. The summed E-state index contributed by atoms with van der Waals surface area (Å²) in [5.74, 6) is 0. The molecule has 0 saturated carbocycles. The minimum atomic E-state index is 0.376. The fourth-order valence-electron chi connectivity index (χ4n) is 1.65. The SMILES string of the molecule is CN(c1ccc(C#N)nc1)c1ccccc1C#N. The highest BCUT2D eigenvalue weighted by Gasteiger charge is 2.08.